The lowest BCUT2D eigenvalue weighted by atomic mass is 9.86. The number of carbonyl (C=O) groups is 2. The molecule has 0 aromatic heterocycles. The summed E-state index contributed by atoms with van der Waals surface area (Å²) in [7, 11) is 0. The van der Waals surface area contributed by atoms with Gasteiger partial charge in [0.05, 0.1) is 18.9 Å². The van der Waals surface area contributed by atoms with Crippen LogP contribution in [-0.4, -0.2) is 29.6 Å². The van der Waals surface area contributed by atoms with Crippen molar-refractivity contribution in [3.05, 3.63) is 29.3 Å². The molecule has 0 saturated heterocycles. The van der Waals surface area contributed by atoms with Crippen LogP contribution in [0.25, 0.3) is 0 Å². The molecule has 24 heavy (non-hydrogen) atoms. The fourth-order valence-electron chi connectivity index (χ4n) is 3.75. The summed E-state index contributed by atoms with van der Waals surface area (Å²) in [6, 6.07) is 5.60. The Morgan fingerprint density at radius 2 is 1.96 bits per heavy atom. The van der Waals surface area contributed by atoms with Gasteiger partial charge in [-0.3, -0.25) is 9.59 Å². The fraction of sp³-hybridized carbons (Fsp3) is 0.579. The quantitative estimate of drug-likeness (QED) is 0.889. The van der Waals surface area contributed by atoms with Crippen LogP contribution < -0.4 is 10.1 Å². The molecule has 5 nitrogen and oxygen atoms in total. The number of nitrogens with one attached hydrogen (secondary N) is 1. The van der Waals surface area contributed by atoms with E-state index in [1.54, 1.807) is 0 Å². The van der Waals surface area contributed by atoms with Crippen LogP contribution in [0.3, 0.4) is 0 Å². The van der Waals surface area contributed by atoms with Gasteiger partial charge in [-0.2, -0.15) is 0 Å². The van der Waals surface area contributed by atoms with E-state index in [0.29, 0.717) is 13.0 Å². The second-order valence-electron chi connectivity index (χ2n) is 6.83. The third kappa shape index (κ3) is 4.08. The first kappa shape index (κ1) is 16.8. The molecule has 2 atom stereocenters. The van der Waals surface area contributed by atoms with Crippen molar-refractivity contribution in [3.8, 4) is 5.75 Å². The maximum Gasteiger partial charge on any atom is 0.308 e. The molecule has 130 valence electrons. The van der Waals surface area contributed by atoms with Gasteiger partial charge in [0.2, 0.25) is 5.91 Å². The van der Waals surface area contributed by atoms with E-state index in [4.69, 9.17) is 4.74 Å². The van der Waals surface area contributed by atoms with Crippen LogP contribution in [0.15, 0.2) is 18.2 Å². The normalized spacial score (nSPS) is 23.5. The lowest BCUT2D eigenvalue weighted by Crippen LogP contribution is -2.44. The van der Waals surface area contributed by atoms with Crippen molar-refractivity contribution in [2.45, 2.75) is 57.4 Å². The molecule has 2 N–H and O–H groups in total. The molecule has 1 fully saturated rings. The number of hydrogen-bond donors (Lipinski definition) is 2. The summed E-state index contributed by atoms with van der Waals surface area (Å²) in [5.41, 5.74) is 2.10. The largest absolute Gasteiger partial charge is 0.493 e. The highest BCUT2D eigenvalue weighted by Crippen LogP contribution is 2.26. The molecule has 0 bridgehead atoms. The van der Waals surface area contributed by atoms with E-state index in [1.165, 1.54) is 0 Å². The van der Waals surface area contributed by atoms with E-state index in [9.17, 15) is 14.7 Å². The standard InChI is InChI=1S/C19H25NO4/c21-18(12-13-7-8-17-14(11-13)9-10-24-17)20-16-6-4-2-1-3-5-15(16)19(22)23/h7-8,11,15-16H,1-6,9-10,12H2,(H,20,21)(H,22,23). The van der Waals surface area contributed by atoms with Gasteiger partial charge < -0.3 is 15.2 Å². The summed E-state index contributed by atoms with van der Waals surface area (Å²) in [6.07, 6.45) is 6.67. The minimum atomic E-state index is -0.795. The molecular formula is C19H25NO4. The zero-order chi connectivity index (χ0) is 16.9. The van der Waals surface area contributed by atoms with Crippen molar-refractivity contribution in [3.63, 3.8) is 0 Å². The van der Waals surface area contributed by atoms with Crippen LogP contribution in [-0.2, 0) is 22.4 Å². The highest BCUT2D eigenvalue weighted by molar-refractivity contribution is 5.80. The number of benzene rings is 1. The Labute approximate surface area is 142 Å². The first-order valence-electron chi connectivity index (χ1n) is 8.90. The maximum absolute atomic E-state index is 12.4. The summed E-state index contributed by atoms with van der Waals surface area (Å²) in [5, 5.41) is 12.5. The number of fused-ring (bicyclic) bond motifs is 1. The van der Waals surface area contributed by atoms with Crippen LogP contribution in [0.4, 0.5) is 0 Å². The second-order valence-corrected chi connectivity index (χ2v) is 6.83. The second kappa shape index (κ2) is 7.69. The molecule has 0 spiro atoms. The Balaban J connectivity index is 1.62. The molecule has 1 saturated carbocycles. The molecule has 2 unspecified atom stereocenters. The minimum absolute atomic E-state index is 0.0920. The number of carboxylic acids is 1. The molecule has 2 aliphatic rings. The maximum atomic E-state index is 12.4. The molecule has 5 heteroatoms. The Kier molecular flexibility index (Phi) is 5.38. The highest BCUT2D eigenvalue weighted by Gasteiger charge is 2.29. The molecular weight excluding hydrogens is 306 g/mol. The summed E-state index contributed by atoms with van der Waals surface area (Å²) in [5.74, 6) is -0.449. The average molecular weight is 331 g/mol. The minimum Gasteiger partial charge on any atom is -0.493 e. The van der Waals surface area contributed by atoms with Crippen molar-refractivity contribution >= 4 is 11.9 Å². The van der Waals surface area contributed by atoms with Crippen molar-refractivity contribution in [1.82, 2.24) is 5.32 Å². The summed E-state index contributed by atoms with van der Waals surface area (Å²) in [6.45, 7) is 0.702. The van der Waals surface area contributed by atoms with Gasteiger partial charge in [0.25, 0.3) is 0 Å². The van der Waals surface area contributed by atoms with Gasteiger partial charge in [0.1, 0.15) is 5.75 Å². The third-order valence-electron chi connectivity index (χ3n) is 5.05. The first-order valence-corrected chi connectivity index (χ1v) is 8.90. The van der Waals surface area contributed by atoms with Crippen molar-refractivity contribution in [2.75, 3.05) is 6.61 Å². The predicted molar refractivity (Wildman–Crippen MR) is 90.1 cm³/mol. The Morgan fingerprint density at radius 1 is 1.17 bits per heavy atom. The first-order chi connectivity index (χ1) is 11.6. The molecule has 1 amide bonds. The van der Waals surface area contributed by atoms with Crippen LogP contribution in [0.1, 0.15) is 49.7 Å². The number of carbonyl (C=O) groups excluding carboxylic acids is 1. The molecule has 0 radical (unpaired) electrons. The molecule has 1 heterocycles. The number of ether oxygens (including phenoxy) is 1. The van der Waals surface area contributed by atoms with Gasteiger partial charge in [-0.15, -0.1) is 0 Å². The van der Waals surface area contributed by atoms with Gasteiger partial charge in [-0.05, 0) is 30.0 Å². The van der Waals surface area contributed by atoms with E-state index in [0.717, 1.165) is 55.4 Å². The fourth-order valence-corrected chi connectivity index (χ4v) is 3.75. The van der Waals surface area contributed by atoms with E-state index in [-0.39, 0.29) is 18.4 Å². The van der Waals surface area contributed by atoms with Gasteiger partial charge in [-0.25, -0.2) is 0 Å². The van der Waals surface area contributed by atoms with Gasteiger partial charge in [0, 0.05) is 12.5 Å². The zero-order valence-electron chi connectivity index (χ0n) is 13.9. The van der Waals surface area contributed by atoms with Gasteiger partial charge >= 0.3 is 5.97 Å². The summed E-state index contributed by atoms with van der Waals surface area (Å²) in [4.78, 5) is 23.9. The van der Waals surface area contributed by atoms with E-state index < -0.39 is 11.9 Å². The van der Waals surface area contributed by atoms with Crippen LogP contribution >= 0.6 is 0 Å². The monoisotopic (exact) mass is 331 g/mol. The van der Waals surface area contributed by atoms with Crippen molar-refractivity contribution in [2.24, 2.45) is 5.92 Å². The third-order valence-corrected chi connectivity index (χ3v) is 5.05. The lowest BCUT2D eigenvalue weighted by molar-refractivity contribution is -0.143. The number of amides is 1. The molecule has 1 aromatic carbocycles. The Bertz CT molecular complexity index is 613. The SMILES string of the molecule is O=C(Cc1ccc2c(c1)CCO2)NC1CCCCCCC1C(=O)O. The molecule has 1 aliphatic carbocycles. The van der Waals surface area contributed by atoms with E-state index >= 15 is 0 Å². The molecule has 1 aromatic rings. The molecule has 1 aliphatic heterocycles. The number of hydrogen-bond acceptors (Lipinski definition) is 3. The van der Waals surface area contributed by atoms with Crippen LogP contribution in [0.5, 0.6) is 5.75 Å². The van der Waals surface area contributed by atoms with E-state index in [1.807, 2.05) is 18.2 Å². The van der Waals surface area contributed by atoms with Crippen LogP contribution in [0, 0.1) is 5.92 Å². The van der Waals surface area contributed by atoms with Crippen LogP contribution in [0.2, 0.25) is 0 Å². The topological polar surface area (TPSA) is 75.6 Å². The van der Waals surface area contributed by atoms with Gasteiger partial charge in [-0.1, -0.05) is 37.8 Å². The average Bonchev–Trinajstić information content (AvgIpc) is 2.97. The molecule has 3 rings (SSSR count). The van der Waals surface area contributed by atoms with Crippen molar-refractivity contribution < 1.29 is 19.4 Å². The van der Waals surface area contributed by atoms with Gasteiger partial charge in [0.15, 0.2) is 0 Å². The highest BCUT2D eigenvalue weighted by atomic mass is 16.5. The zero-order valence-corrected chi connectivity index (χ0v) is 13.9. The Hall–Kier alpha value is -2.04. The van der Waals surface area contributed by atoms with Crippen molar-refractivity contribution in [1.29, 1.82) is 0 Å². The lowest BCUT2D eigenvalue weighted by Gasteiger charge is -2.27. The summed E-state index contributed by atoms with van der Waals surface area (Å²) >= 11 is 0. The smallest absolute Gasteiger partial charge is 0.308 e. The summed E-state index contributed by atoms with van der Waals surface area (Å²) < 4.78 is 5.48. The number of carboxylic acid groups (broad SMARTS) is 1. The van der Waals surface area contributed by atoms with E-state index in [2.05, 4.69) is 5.32 Å². The number of rotatable bonds is 4. The number of aliphatic carboxylic acids is 1. The Morgan fingerprint density at radius 3 is 2.75 bits per heavy atom. The predicted octanol–water partition coefficient (Wildman–Crippen LogP) is 2.70.